The van der Waals surface area contributed by atoms with Crippen molar-refractivity contribution < 1.29 is 59.6 Å². The van der Waals surface area contributed by atoms with Gasteiger partial charge in [-0.05, 0) is 0 Å². The number of carboxylic acid groups (broad SMARTS) is 2. The predicted molar refractivity (Wildman–Crippen MR) is 97.7 cm³/mol. The van der Waals surface area contributed by atoms with Gasteiger partial charge < -0.3 is 71.0 Å². The van der Waals surface area contributed by atoms with Gasteiger partial charge in [0.2, 0.25) is 0 Å². The van der Waals surface area contributed by atoms with Gasteiger partial charge in [0.1, 0.15) is 26.2 Å². The number of aliphatic hydroxyl groups excluding tert-OH is 6. The van der Waals surface area contributed by atoms with Gasteiger partial charge in [-0.25, -0.2) is 0 Å². The van der Waals surface area contributed by atoms with Gasteiger partial charge in [-0.1, -0.05) is 0 Å². The molecule has 0 aliphatic rings. The molecule has 0 aliphatic carbocycles. The molecule has 0 aromatic carbocycles. The predicted octanol–water partition coefficient (Wildman–Crippen LogP) is -7.79. The number of aliphatic hydroxyl groups is 6. The Kier molecular flexibility index (Phi) is 18.8. The molecule has 0 aromatic heterocycles. The zero-order chi connectivity index (χ0) is 22.7. The summed E-state index contributed by atoms with van der Waals surface area (Å²) >= 11 is 0. The maximum Gasteiger partial charge on any atom is 2.00 e. The third kappa shape index (κ3) is 11.0. The summed E-state index contributed by atoms with van der Waals surface area (Å²) in [4.78, 5) is 20.9. The smallest absolute Gasteiger partial charge is 0.548 e. The number of carbonyl (C=O) groups is 2. The number of hydrogen-bond donors (Lipinski definition) is 8. The van der Waals surface area contributed by atoms with Crippen molar-refractivity contribution >= 4 is 65.3 Å². The Hall–Kier alpha value is 0.340. The summed E-state index contributed by atoms with van der Waals surface area (Å²) in [6.07, 6.45) is -3.55. The van der Waals surface area contributed by atoms with Gasteiger partial charge in [0.15, 0.2) is 0 Å². The van der Waals surface area contributed by atoms with Crippen LogP contribution in [0.5, 0.6) is 0 Å². The maximum absolute atomic E-state index is 11.3. The number of hydrogen-bond acceptors (Lipinski definition) is 14. The van der Waals surface area contributed by atoms with Gasteiger partial charge in [0, 0.05) is 12.3 Å². The van der Waals surface area contributed by atoms with Crippen LogP contribution >= 0.6 is 15.6 Å². The third-order valence-electron chi connectivity index (χ3n) is 3.49. The molecular weight excluding hydrogens is 466 g/mol. The fourth-order valence-electron chi connectivity index (χ4n) is 1.45. The average Bonchev–Trinajstić information content (AvgIpc) is 2.65. The summed E-state index contributed by atoms with van der Waals surface area (Å²) < 4.78 is 22.6. The monoisotopic (exact) mass is 492 g/mol. The molecule has 10 N–H and O–H groups in total. The van der Waals surface area contributed by atoms with Crippen molar-refractivity contribution in [2.75, 3.05) is 38.8 Å². The molecule has 0 bridgehead atoms. The quantitative estimate of drug-likeness (QED) is 0.0927. The molecule has 29 heavy (non-hydrogen) atoms. The van der Waals surface area contributed by atoms with Crippen molar-refractivity contribution in [1.29, 1.82) is 0 Å². The Morgan fingerprint density at radius 1 is 0.793 bits per heavy atom. The topological polar surface area (TPSA) is 288 Å². The van der Waals surface area contributed by atoms with Crippen LogP contribution in [-0.4, -0.2) is 142 Å². The molecule has 4 unspecified atom stereocenters. The number of carboxylic acids is 2. The van der Waals surface area contributed by atoms with E-state index in [1.165, 1.54) is 0 Å². The summed E-state index contributed by atoms with van der Waals surface area (Å²) in [7, 11) is -5.96. The van der Waals surface area contributed by atoms with E-state index >= 15 is 0 Å². The van der Waals surface area contributed by atoms with E-state index in [1.807, 2.05) is 0 Å². The van der Waals surface area contributed by atoms with E-state index < -0.39 is 89.1 Å². The van der Waals surface area contributed by atoms with Gasteiger partial charge >= 0.3 is 37.7 Å². The molecule has 0 heterocycles. The van der Waals surface area contributed by atoms with Crippen LogP contribution in [0, 0.1) is 0 Å². The van der Waals surface area contributed by atoms with E-state index in [2.05, 4.69) is 0 Å². The molecule has 6 atom stereocenters. The fourth-order valence-corrected chi connectivity index (χ4v) is 4.11. The van der Waals surface area contributed by atoms with Gasteiger partial charge in [0.25, 0.3) is 0 Å². The molecule has 0 radical (unpaired) electrons. The third-order valence-corrected chi connectivity index (χ3v) is 7.88. The number of carbonyl (C=O) groups excluding carboxylic acids is 2. The van der Waals surface area contributed by atoms with E-state index in [9.17, 15) is 28.9 Å². The Bertz CT molecular complexity index is 523. The van der Waals surface area contributed by atoms with E-state index in [4.69, 9.17) is 42.1 Å². The second-order valence-corrected chi connectivity index (χ2v) is 10.1. The van der Waals surface area contributed by atoms with Crippen LogP contribution in [0.25, 0.3) is 0 Å². The zero-order valence-electron chi connectivity index (χ0n) is 15.4. The van der Waals surface area contributed by atoms with Gasteiger partial charge in [-0.15, -0.1) is 0 Å². The minimum absolute atomic E-state index is 0. The molecule has 0 fully saturated rings. The molecule has 17 heteroatoms. The van der Waals surface area contributed by atoms with E-state index in [0.29, 0.717) is 0 Å². The van der Waals surface area contributed by atoms with Crippen LogP contribution < -0.4 is 21.7 Å². The maximum atomic E-state index is 11.3. The molecule has 0 saturated carbocycles. The summed E-state index contributed by atoms with van der Waals surface area (Å²) in [6.45, 7) is -3.37. The molecule has 168 valence electrons. The first kappa shape index (κ1) is 34.0. The van der Waals surface area contributed by atoms with Crippen LogP contribution in [-0.2, 0) is 18.7 Å². The summed E-state index contributed by atoms with van der Waals surface area (Å²) in [5.41, 5.74) is 10.2. The molecule has 0 amide bonds. The van der Waals surface area contributed by atoms with Crippen LogP contribution in [0.3, 0.4) is 0 Å². The first-order valence-electron chi connectivity index (χ1n) is 7.63. The van der Waals surface area contributed by atoms with Crippen molar-refractivity contribution in [1.82, 2.24) is 0 Å². The van der Waals surface area contributed by atoms with Crippen LogP contribution in [0.15, 0.2) is 0 Å². The zero-order valence-corrected chi connectivity index (χ0v) is 19.6. The summed E-state index contributed by atoms with van der Waals surface area (Å²) in [6, 6.07) is 0. The SMILES string of the molecule is N[C@@](CO)(C(=O)[O-])[PH](=O)CC(O)CO.N[C@@](CO)(C(=O)[O-])[PH](=O)CC(O)CO.[Ca+2]. The fraction of sp³-hybridized carbons (Fsp3) is 0.833. The Balaban J connectivity index is -0.000000451. The molecule has 0 saturated heterocycles. The Morgan fingerprint density at radius 2 is 1.03 bits per heavy atom. The largest absolute Gasteiger partial charge is 2.00 e. The molecule has 14 nitrogen and oxygen atoms in total. The normalized spacial score (nSPS) is 19.0. The van der Waals surface area contributed by atoms with Crippen molar-refractivity contribution in [2.24, 2.45) is 11.5 Å². The average molecular weight is 492 g/mol. The number of nitrogens with two attached hydrogens (primary N) is 2. The first-order chi connectivity index (χ1) is 12.8. The summed E-state index contributed by atoms with van der Waals surface area (Å²) in [5.74, 6) is -3.68. The van der Waals surface area contributed by atoms with Crippen molar-refractivity contribution in [3.05, 3.63) is 0 Å². The molecular formula is C12H26CaN2O12P2. The molecule has 0 aliphatic heterocycles. The van der Waals surface area contributed by atoms with Crippen LogP contribution in [0.1, 0.15) is 0 Å². The van der Waals surface area contributed by atoms with Crippen molar-refractivity contribution in [3.8, 4) is 0 Å². The second-order valence-electron chi connectivity index (χ2n) is 5.76. The van der Waals surface area contributed by atoms with Crippen molar-refractivity contribution in [3.63, 3.8) is 0 Å². The minimum atomic E-state index is -2.98. The first-order valence-corrected chi connectivity index (χ1v) is 10.9. The van der Waals surface area contributed by atoms with E-state index in [-0.39, 0.29) is 37.7 Å². The van der Waals surface area contributed by atoms with E-state index in [0.717, 1.165) is 0 Å². The van der Waals surface area contributed by atoms with Crippen LogP contribution in [0.2, 0.25) is 0 Å². The standard InChI is InChI=1S/2C6H14NO6P.Ca/c2*7-6(3-9,5(11)12)14(13)2-4(10)1-8;/h2*4,8-10,14H,1-3,7H2,(H,11,12);/q;;+2/p-2/t2*4?,6-;/m11./s1. The second kappa shape index (κ2) is 16.0. The molecule has 0 aromatic rings. The van der Waals surface area contributed by atoms with Gasteiger partial charge in [-0.2, -0.15) is 0 Å². The summed E-state index contributed by atoms with van der Waals surface area (Å²) in [5, 5.41) is 68.2. The number of aliphatic carboxylic acids is 2. The van der Waals surface area contributed by atoms with Gasteiger partial charge in [-0.3, -0.25) is 0 Å². The number of rotatable bonds is 12. The Labute approximate surface area is 197 Å². The Morgan fingerprint density at radius 3 is 1.17 bits per heavy atom. The molecule has 0 rings (SSSR count). The van der Waals surface area contributed by atoms with Crippen LogP contribution in [0.4, 0.5) is 0 Å². The minimum Gasteiger partial charge on any atom is -0.548 e. The van der Waals surface area contributed by atoms with E-state index in [1.54, 1.807) is 0 Å². The molecule has 0 spiro atoms. The van der Waals surface area contributed by atoms with Gasteiger partial charge in [0.05, 0.1) is 50.6 Å². The van der Waals surface area contributed by atoms with Crippen molar-refractivity contribution in [2.45, 2.75) is 22.8 Å².